The predicted octanol–water partition coefficient (Wildman–Crippen LogP) is 2.56. The molecule has 2 atom stereocenters. The summed E-state index contributed by atoms with van der Waals surface area (Å²) in [6, 6.07) is 11.0. The molecule has 92 valence electrons. The maximum absolute atomic E-state index is 5.79. The molecule has 1 aromatic rings. The molecule has 2 aliphatic rings. The Kier molecular flexibility index (Phi) is 3.17. The van der Waals surface area contributed by atoms with Crippen molar-refractivity contribution in [2.24, 2.45) is 5.41 Å². The van der Waals surface area contributed by atoms with Crippen LogP contribution in [-0.4, -0.2) is 26.3 Å². The molecule has 1 spiro atoms. The van der Waals surface area contributed by atoms with E-state index in [0.29, 0.717) is 11.3 Å². The van der Waals surface area contributed by atoms with E-state index in [9.17, 15) is 0 Å². The molecule has 0 saturated carbocycles. The molecule has 3 rings (SSSR count). The highest BCUT2D eigenvalue weighted by molar-refractivity contribution is 5.24. The molecule has 0 bridgehead atoms. The lowest BCUT2D eigenvalue weighted by molar-refractivity contribution is -0.0369. The van der Waals surface area contributed by atoms with Gasteiger partial charge in [-0.2, -0.15) is 0 Å². The number of hydrogen-bond donors (Lipinski definition) is 1. The fraction of sp³-hybridized carbons (Fsp3) is 0.600. The molecule has 0 aliphatic carbocycles. The van der Waals surface area contributed by atoms with E-state index in [4.69, 9.17) is 4.74 Å². The summed E-state index contributed by atoms with van der Waals surface area (Å²) in [5.74, 6) is 0.623. The van der Waals surface area contributed by atoms with Crippen LogP contribution in [0.5, 0.6) is 0 Å². The van der Waals surface area contributed by atoms with Crippen molar-refractivity contribution in [2.75, 3.05) is 26.3 Å². The SMILES string of the molecule is c1ccc(C2CNCCC23CCCOC3)cc1. The Balaban J connectivity index is 1.89. The largest absolute Gasteiger partial charge is 0.381 e. The first-order valence-corrected chi connectivity index (χ1v) is 6.74. The molecule has 1 N–H and O–H groups in total. The van der Waals surface area contributed by atoms with E-state index in [0.717, 1.165) is 26.3 Å². The highest BCUT2D eigenvalue weighted by Gasteiger charge is 2.42. The first kappa shape index (κ1) is 11.2. The molecule has 0 aromatic heterocycles. The zero-order chi connectivity index (χ0) is 11.6. The van der Waals surface area contributed by atoms with Crippen LogP contribution < -0.4 is 5.32 Å². The van der Waals surface area contributed by atoms with Gasteiger partial charge in [0.1, 0.15) is 0 Å². The molecular weight excluding hydrogens is 210 g/mol. The van der Waals surface area contributed by atoms with E-state index in [1.54, 1.807) is 0 Å². The molecule has 2 heteroatoms. The number of hydrogen-bond acceptors (Lipinski definition) is 2. The van der Waals surface area contributed by atoms with Crippen LogP contribution in [0, 0.1) is 5.41 Å². The van der Waals surface area contributed by atoms with Gasteiger partial charge >= 0.3 is 0 Å². The summed E-state index contributed by atoms with van der Waals surface area (Å²) < 4.78 is 5.79. The van der Waals surface area contributed by atoms with Gasteiger partial charge in [0.25, 0.3) is 0 Å². The van der Waals surface area contributed by atoms with Gasteiger partial charge in [-0.15, -0.1) is 0 Å². The summed E-state index contributed by atoms with van der Waals surface area (Å²) >= 11 is 0. The second kappa shape index (κ2) is 4.79. The van der Waals surface area contributed by atoms with Crippen LogP contribution in [0.2, 0.25) is 0 Å². The van der Waals surface area contributed by atoms with Crippen LogP contribution in [0.4, 0.5) is 0 Å². The van der Waals surface area contributed by atoms with Crippen molar-refractivity contribution in [1.29, 1.82) is 0 Å². The summed E-state index contributed by atoms with van der Waals surface area (Å²) in [5, 5.41) is 3.55. The van der Waals surface area contributed by atoms with Gasteiger partial charge in [0.2, 0.25) is 0 Å². The molecular formula is C15H21NO. The predicted molar refractivity (Wildman–Crippen MR) is 69.2 cm³/mol. The Bertz CT molecular complexity index is 348. The lowest BCUT2D eigenvalue weighted by Gasteiger charge is -2.47. The van der Waals surface area contributed by atoms with E-state index in [-0.39, 0.29) is 0 Å². The van der Waals surface area contributed by atoms with E-state index in [2.05, 4.69) is 35.6 Å². The normalized spacial score (nSPS) is 33.8. The number of benzene rings is 1. The number of piperidine rings is 1. The lowest BCUT2D eigenvalue weighted by Crippen LogP contribution is -2.48. The summed E-state index contributed by atoms with van der Waals surface area (Å²) in [5.41, 5.74) is 1.87. The number of nitrogens with one attached hydrogen (secondary N) is 1. The molecule has 2 nitrogen and oxygen atoms in total. The first-order chi connectivity index (χ1) is 8.41. The molecule has 0 amide bonds. The lowest BCUT2D eigenvalue weighted by atomic mass is 9.65. The van der Waals surface area contributed by atoms with E-state index >= 15 is 0 Å². The van der Waals surface area contributed by atoms with Crippen molar-refractivity contribution in [2.45, 2.75) is 25.2 Å². The van der Waals surface area contributed by atoms with Crippen LogP contribution in [0.3, 0.4) is 0 Å². The maximum atomic E-state index is 5.79. The maximum Gasteiger partial charge on any atom is 0.0529 e. The fourth-order valence-corrected chi connectivity index (χ4v) is 3.48. The van der Waals surface area contributed by atoms with Crippen LogP contribution in [0.15, 0.2) is 30.3 Å². The summed E-state index contributed by atoms with van der Waals surface area (Å²) in [4.78, 5) is 0. The van der Waals surface area contributed by atoms with Gasteiger partial charge in [-0.3, -0.25) is 0 Å². The number of ether oxygens (including phenoxy) is 1. The highest BCUT2D eigenvalue weighted by Crippen LogP contribution is 2.46. The Hall–Kier alpha value is -0.860. The molecule has 0 radical (unpaired) electrons. The first-order valence-electron chi connectivity index (χ1n) is 6.74. The molecule has 1 aromatic carbocycles. The molecule has 2 heterocycles. The second-order valence-corrected chi connectivity index (χ2v) is 5.44. The quantitative estimate of drug-likeness (QED) is 0.802. The van der Waals surface area contributed by atoms with Gasteiger partial charge in [0.05, 0.1) is 6.61 Å². The third-order valence-corrected chi connectivity index (χ3v) is 4.44. The molecule has 2 aliphatic heterocycles. The third kappa shape index (κ3) is 2.12. The van der Waals surface area contributed by atoms with Crippen molar-refractivity contribution in [3.63, 3.8) is 0 Å². The Morgan fingerprint density at radius 1 is 1.18 bits per heavy atom. The van der Waals surface area contributed by atoms with Gasteiger partial charge in [-0.05, 0) is 31.4 Å². The summed E-state index contributed by atoms with van der Waals surface area (Å²) in [7, 11) is 0. The average Bonchev–Trinajstić information content (AvgIpc) is 2.41. The Morgan fingerprint density at radius 3 is 2.82 bits per heavy atom. The van der Waals surface area contributed by atoms with Crippen molar-refractivity contribution in [3.05, 3.63) is 35.9 Å². The molecule has 2 unspecified atom stereocenters. The van der Waals surface area contributed by atoms with Gasteiger partial charge in [0.15, 0.2) is 0 Å². The van der Waals surface area contributed by atoms with Gasteiger partial charge in [-0.25, -0.2) is 0 Å². The smallest absolute Gasteiger partial charge is 0.0529 e. The fourth-order valence-electron chi connectivity index (χ4n) is 3.48. The van der Waals surface area contributed by atoms with Crippen LogP contribution in [0.25, 0.3) is 0 Å². The molecule has 2 saturated heterocycles. The Labute approximate surface area is 103 Å². The Morgan fingerprint density at radius 2 is 2.06 bits per heavy atom. The van der Waals surface area contributed by atoms with E-state index in [1.807, 2.05) is 0 Å². The topological polar surface area (TPSA) is 21.3 Å². The minimum Gasteiger partial charge on any atom is -0.381 e. The zero-order valence-electron chi connectivity index (χ0n) is 10.3. The summed E-state index contributed by atoms with van der Waals surface area (Å²) in [6.45, 7) is 4.16. The second-order valence-electron chi connectivity index (χ2n) is 5.44. The van der Waals surface area contributed by atoms with Gasteiger partial charge < -0.3 is 10.1 Å². The van der Waals surface area contributed by atoms with E-state index < -0.39 is 0 Å². The monoisotopic (exact) mass is 231 g/mol. The van der Waals surface area contributed by atoms with Crippen molar-refractivity contribution in [1.82, 2.24) is 5.32 Å². The average molecular weight is 231 g/mol. The van der Waals surface area contributed by atoms with Crippen molar-refractivity contribution < 1.29 is 4.74 Å². The minimum absolute atomic E-state index is 0.394. The minimum atomic E-state index is 0.394. The molecule has 2 fully saturated rings. The van der Waals surface area contributed by atoms with Crippen molar-refractivity contribution >= 4 is 0 Å². The van der Waals surface area contributed by atoms with Crippen molar-refractivity contribution in [3.8, 4) is 0 Å². The number of rotatable bonds is 1. The third-order valence-electron chi connectivity index (χ3n) is 4.44. The van der Waals surface area contributed by atoms with Crippen LogP contribution in [-0.2, 0) is 4.74 Å². The zero-order valence-corrected chi connectivity index (χ0v) is 10.3. The highest BCUT2D eigenvalue weighted by atomic mass is 16.5. The van der Waals surface area contributed by atoms with Crippen LogP contribution in [0.1, 0.15) is 30.7 Å². The summed E-state index contributed by atoms with van der Waals surface area (Å²) in [6.07, 6.45) is 3.81. The standard InChI is InChI=1S/C15H21NO/c1-2-5-13(6-3-1)14-11-16-9-8-15(14)7-4-10-17-12-15/h1-3,5-6,14,16H,4,7-12H2. The van der Waals surface area contributed by atoms with Gasteiger partial charge in [0, 0.05) is 24.5 Å². The van der Waals surface area contributed by atoms with Gasteiger partial charge in [-0.1, -0.05) is 30.3 Å². The van der Waals surface area contributed by atoms with E-state index in [1.165, 1.54) is 24.8 Å². The molecule has 17 heavy (non-hydrogen) atoms. The van der Waals surface area contributed by atoms with Crippen LogP contribution >= 0.6 is 0 Å².